The third-order valence-corrected chi connectivity index (χ3v) is 3.60. The van der Waals surface area contributed by atoms with Crippen molar-refractivity contribution in [1.82, 2.24) is 9.97 Å². The van der Waals surface area contributed by atoms with Crippen LogP contribution in [0.4, 0.5) is 11.6 Å². The fraction of sp³-hybridized carbons (Fsp3) is 0.714. The molecule has 0 spiro atoms. The van der Waals surface area contributed by atoms with E-state index in [0.717, 1.165) is 18.2 Å². The van der Waals surface area contributed by atoms with E-state index in [1.165, 1.54) is 19.3 Å². The van der Waals surface area contributed by atoms with E-state index in [-0.39, 0.29) is 0 Å². The molecule has 1 aliphatic rings. The van der Waals surface area contributed by atoms with Crippen LogP contribution in [0.1, 0.15) is 38.9 Å². The van der Waals surface area contributed by atoms with Gasteiger partial charge in [0.2, 0.25) is 0 Å². The molecule has 0 bridgehead atoms. The highest BCUT2D eigenvalue weighted by Crippen LogP contribution is 2.27. The number of ether oxygens (including phenoxy) is 1. The van der Waals surface area contributed by atoms with Gasteiger partial charge in [0.05, 0.1) is 0 Å². The Morgan fingerprint density at radius 1 is 1.32 bits per heavy atom. The van der Waals surface area contributed by atoms with E-state index in [0.29, 0.717) is 24.4 Å². The first kappa shape index (κ1) is 14.1. The topological polar surface area (TPSA) is 59.1 Å². The van der Waals surface area contributed by atoms with Gasteiger partial charge in [-0.1, -0.05) is 13.3 Å². The minimum atomic E-state index is 0.439. The summed E-state index contributed by atoms with van der Waals surface area (Å²) in [7, 11) is 1.66. The first-order valence-electron chi connectivity index (χ1n) is 7.10. The highest BCUT2D eigenvalue weighted by Gasteiger charge is 2.23. The number of hydrogen-bond acceptors (Lipinski definition) is 5. The second-order valence-electron chi connectivity index (χ2n) is 5.18. The summed E-state index contributed by atoms with van der Waals surface area (Å²) in [5, 5.41) is 6.78. The molecular weight excluding hydrogens is 240 g/mol. The Labute approximate surface area is 115 Å². The van der Waals surface area contributed by atoms with Crippen LogP contribution in [0.3, 0.4) is 0 Å². The molecular formula is C14H24N4O. The maximum atomic E-state index is 5.13. The Hall–Kier alpha value is -1.36. The molecule has 0 aliphatic heterocycles. The van der Waals surface area contributed by atoms with Gasteiger partial charge in [-0.3, -0.25) is 0 Å². The minimum Gasteiger partial charge on any atom is -0.377 e. The van der Waals surface area contributed by atoms with E-state index >= 15 is 0 Å². The molecule has 1 aliphatic carbocycles. The van der Waals surface area contributed by atoms with Crippen molar-refractivity contribution in [3.05, 3.63) is 11.9 Å². The Bertz CT molecular complexity index is 386. The standard InChI is InChI=1S/C14H24N4O/c1-4-15-12-8-13(18-14(17-12)9-19-3)16-11-7-5-6-10(11)2/h8,10-11H,4-7,9H2,1-3H3,(H2,15,16,17,18). The molecule has 2 atom stereocenters. The third kappa shape index (κ3) is 3.80. The number of rotatable bonds is 6. The summed E-state index contributed by atoms with van der Waals surface area (Å²) in [5.41, 5.74) is 0. The summed E-state index contributed by atoms with van der Waals surface area (Å²) in [6.07, 6.45) is 3.82. The van der Waals surface area contributed by atoms with Crippen LogP contribution >= 0.6 is 0 Å². The summed E-state index contributed by atoms with van der Waals surface area (Å²) in [6.45, 7) is 5.65. The molecule has 19 heavy (non-hydrogen) atoms. The lowest BCUT2D eigenvalue weighted by molar-refractivity contribution is 0.178. The van der Waals surface area contributed by atoms with Crippen LogP contribution in [0.15, 0.2) is 6.07 Å². The number of hydrogen-bond donors (Lipinski definition) is 2. The van der Waals surface area contributed by atoms with Crippen molar-refractivity contribution in [1.29, 1.82) is 0 Å². The fourth-order valence-electron chi connectivity index (χ4n) is 2.59. The highest BCUT2D eigenvalue weighted by atomic mass is 16.5. The van der Waals surface area contributed by atoms with Crippen LogP contribution in [0.25, 0.3) is 0 Å². The van der Waals surface area contributed by atoms with Crippen LogP contribution in [0.2, 0.25) is 0 Å². The maximum Gasteiger partial charge on any atom is 0.158 e. The van der Waals surface area contributed by atoms with Crippen molar-refractivity contribution in [3.63, 3.8) is 0 Å². The molecule has 0 radical (unpaired) electrons. The Balaban J connectivity index is 2.13. The number of nitrogens with zero attached hydrogens (tertiary/aromatic N) is 2. The molecule has 5 heteroatoms. The van der Waals surface area contributed by atoms with Crippen molar-refractivity contribution in [2.75, 3.05) is 24.3 Å². The van der Waals surface area contributed by atoms with Crippen LogP contribution in [0.5, 0.6) is 0 Å². The van der Waals surface area contributed by atoms with E-state index in [2.05, 4.69) is 34.4 Å². The van der Waals surface area contributed by atoms with Crippen LogP contribution < -0.4 is 10.6 Å². The first-order valence-corrected chi connectivity index (χ1v) is 7.10. The second-order valence-corrected chi connectivity index (χ2v) is 5.18. The molecule has 0 amide bonds. The normalized spacial score (nSPS) is 22.5. The summed E-state index contributed by atoms with van der Waals surface area (Å²) >= 11 is 0. The number of methoxy groups -OCH3 is 1. The van der Waals surface area contributed by atoms with Crippen LogP contribution in [-0.2, 0) is 11.3 Å². The van der Waals surface area contributed by atoms with Crippen LogP contribution in [0, 0.1) is 5.92 Å². The van der Waals surface area contributed by atoms with Gasteiger partial charge in [0.25, 0.3) is 0 Å². The predicted octanol–water partition coefficient (Wildman–Crippen LogP) is 2.66. The zero-order valence-electron chi connectivity index (χ0n) is 12.1. The van der Waals surface area contributed by atoms with Gasteiger partial charge in [-0.15, -0.1) is 0 Å². The molecule has 0 saturated heterocycles. The summed E-state index contributed by atoms with van der Waals surface area (Å²) in [6, 6.07) is 2.51. The number of aromatic nitrogens is 2. The SMILES string of the molecule is CCNc1cc(NC2CCCC2C)nc(COC)n1. The minimum absolute atomic E-state index is 0.439. The molecule has 0 aromatic carbocycles. The molecule has 1 aromatic rings. The van der Waals surface area contributed by atoms with Crippen molar-refractivity contribution in [2.24, 2.45) is 5.92 Å². The quantitative estimate of drug-likeness (QED) is 0.827. The van der Waals surface area contributed by atoms with Gasteiger partial charge >= 0.3 is 0 Å². The molecule has 2 N–H and O–H groups in total. The average Bonchev–Trinajstić information content (AvgIpc) is 2.76. The number of nitrogens with one attached hydrogen (secondary N) is 2. The second kappa shape index (κ2) is 6.70. The molecule has 5 nitrogen and oxygen atoms in total. The molecule has 1 heterocycles. The van der Waals surface area contributed by atoms with Gasteiger partial charge in [0.15, 0.2) is 5.82 Å². The molecule has 1 aromatic heterocycles. The van der Waals surface area contributed by atoms with Gasteiger partial charge in [0.1, 0.15) is 18.2 Å². The average molecular weight is 264 g/mol. The summed E-state index contributed by atoms with van der Waals surface area (Å²) in [5.74, 6) is 3.19. The van der Waals surface area contributed by atoms with Crippen LogP contribution in [-0.4, -0.2) is 29.7 Å². The Morgan fingerprint density at radius 3 is 2.74 bits per heavy atom. The predicted molar refractivity (Wildman–Crippen MR) is 77.3 cm³/mol. The van der Waals surface area contributed by atoms with Gasteiger partial charge in [0, 0.05) is 25.8 Å². The van der Waals surface area contributed by atoms with Gasteiger partial charge in [-0.05, 0) is 25.7 Å². The number of anilines is 2. The lowest BCUT2D eigenvalue weighted by Crippen LogP contribution is -2.23. The third-order valence-electron chi connectivity index (χ3n) is 3.60. The zero-order valence-corrected chi connectivity index (χ0v) is 12.1. The van der Waals surface area contributed by atoms with Crippen molar-refractivity contribution >= 4 is 11.6 Å². The molecule has 2 rings (SSSR count). The van der Waals surface area contributed by atoms with E-state index < -0.39 is 0 Å². The first-order chi connectivity index (χ1) is 9.22. The van der Waals surface area contributed by atoms with Crippen molar-refractivity contribution in [3.8, 4) is 0 Å². The highest BCUT2D eigenvalue weighted by molar-refractivity contribution is 5.48. The maximum absolute atomic E-state index is 5.13. The molecule has 2 unspecified atom stereocenters. The fourth-order valence-corrected chi connectivity index (χ4v) is 2.59. The summed E-state index contributed by atoms with van der Waals surface area (Å²) in [4.78, 5) is 8.94. The van der Waals surface area contributed by atoms with Gasteiger partial charge in [-0.25, -0.2) is 9.97 Å². The van der Waals surface area contributed by atoms with Gasteiger partial charge in [-0.2, -0.15) is 0 Å². The molecule has 1 saturated carbocycles. The van der Waals surface area contributed by atoms with Crippen molar-refractivity contribution < 1.29 is 4.74 Å². The largest absolute Gasteiger partial charge is 0.377 e. The Kier molecular flexibility index (Phi) is 4.96. The smallest absolute Gasteiger partial charge is 0.158 e. The van der Waals surface area contributed by atoms with E-state index in [1.54, 1.807) is 7.11 Å². The lowest BCUT2D eigenvalue weighted by atomic mass is 10.1. The lowest BCUT2D eigenvalue weighted by Gasteiger charge is -2.19. The van der Waals surface area contributed by atoms with E-state index in [1.807, 2.05) is 6.07 Å². The monoisotopic (exact) mass is 264 g/mol. The zero-order chi connectivity index (χ0) is 13.7. The summed E-state index contributed by atoms with van der Waals surface area (Å²) < 4.78 is 5.13. The van der Waals surface area contributed by atoms with Crippen molar-refractivity contribution in [2.45, 2.75) is 45.8 Å². The Morgan fingerprint density at radius 2 is 2.11 bits per heavy atom. The van der Waals surface area contributed by atoms with E-state index in [9.17, 15) is 0 Å². The molecule has 106 valence electrons. The van der Waals surface area contributed by atoms with Gasteiger partial charge < -0.3 is 15.4 Å². The van der Waals surface area contributed by atoms with E-state index in [4.69, 9.17) is 4.74 Å². The molecule has 1 fully saturated rings.